The Balaban J connectivity index is 0.00000312. The van der Waals surface area contributed by atoms with Gasteiger partial charge in [-0.15, -0.1) is 24.0 Å². The van der Waals surface area contributed by atoms with Crippen LogP contribution in [-0.2, 0) is 0 Å². The average molecular weight is 457 g/mol. The van der Waals surface area contributed by atoms with Crippen LogP contribution in [0.3, 0.4) is 0 Å². The van der Waals surface area contributed by atoms with E-state index in [1.807, 2.05) is 48.5 Å². The van der Waals surface area contributed by atoms with Crippen LogP contribution in [0.5, 0.6) is 17.2 Å². The highest BCUT2D eigenvalue weighted by Crippen LogP contribution is 2.29. The Hall–Kier alpha value is -2.16. The van der Waals surface area contributed by atoms with Crippen molar-refractivity contribution in [3.05, 3.63) is 48.5 Å². The topological polar surface area (TPSA) is 64.1 Å². The Kier molecular flexibility index (Phi) is 9.53. The molecule has 0 aliphatic carbocycles. The van der Waals surface area contributed by atoms with Gasteiger partial charge >= 0.3 is 0 Å². The van der Waals surface area contributed by atoms with E-state index in [9.17, 15) is 0 Å². The van der Waals surface area contributed by atoms with Gasteiger partial charge in [0, 0.05) is 18.8 Å². The molecule has 0 aliphatic rings. The molecule has 0 aliphatic heterocycles. The molecule has 25 heavy (non-hydrogen) atoms. The second-order valence-corrected chi connectivity index (χ2v) is 4.86. The smallest absolute Gasteiger partial charge is 0.195 e. The molecule has 6 nitrogen and oxygen atoms in total. The molecular weight excluding hydrogens is 433 g/mol. The monoisotopic (exact) mass is 457 g/mol. The number of guanidine groups is 1. The van der Waals surface area contributed by atoms with Crippen LogP contribution in [-0.4, -0.2) is 40.4 Å². The summed E-state index contributed by atoms with van der Waals surface area (Å²) in [6.45, 7) is 1.17. The third-order valence-electron chi connectivity index (χ3n) is 3.28. The van der Waals surface area contributed by atoms with Gasteiger partial charge in [-0.1, -0.05) is 18.2 Å². The quantitative estimate of drug-likeness (QED) is 0.289. The lowest BCUT2D eigenvalue weighted by Crippen LogP contribution is -2.33. The summed E-state index contributed by atoms with van der Waals surface area (Å²) in [7, 11) is 4.93. The number of nitrogens with one attached hydrogen (secondary N) is 2. The molecule has 0 fully saturated rings. The molecule has 0 heterocycles. The largest absolute Gasteiger partial charge is 0.493 e. The van der Waals surface area contributed by atoms with Crippen LogP contribution in [0, 0.1) is 0 Å². The summed E-state index contributed by atoms with van der Waals surface area (Å²) in [5.74, 6) is 2.84. The number of methoxy groups -OCH3 is 2. The number of benzene rings is 2. The van der Waals surface area contributed by atoms with Gasteiger partial charge < -0.3 is 24.8 Å². The van der Waals surface area contributed by atoms with Crippen LogP contribution in [0.4, 0.5) is 5.69 Å². The van der Waals surface area contributed by atoms with E-state index in [-0.39, 0.29) is 24.0 Å². The van der Waals surface area contributed by atoms with E-state index < -0.39 is 0 Å². The summed E-state index contributed by atoms with van der Waals surface area (Å²) in [5.41, 5.74) is 0.852. The van der Waals surface area contributed by atoms with Crippen LogP contribution < -0.4 is 24.8 Å². The van der Waals surface area contributed by atoms with E-state index in [1.54, 1.807) is 21.3 Å². The number of aliphatic imine (C=N–C) groups is 1. The highest BCUT2D eigenvalue weighted by Gasteiger charge is 2.06. The molecule has 136 valence electrons. The molecule has 0 amide bonds. The van der Waals surface area contributed by atoms with Gasteiger partial charge in [0.1, 0.15) is 12.4 Å². The van der Waals surface area contributed by atoms with Crippen LogP contribution in [0.2, 0.25) is 0 Å². The molecule has 2 aromatic carbocycles. The highest BCUT2D eigenvalue weighted by molar-refractivity contribution is 14.0. The highest BCUT2D eigenvalue weighted by atomic mass is 127. The summed E-state index contributed by atoms with van der Waals surface area (Å²) in [6, 6.07) is 15.3. The first-order valence-electron chi connectivity index (χ1n) is 7.64. The minimum atomic E-state index is 0. The predicted molar refractivity (Wildman–Crippen MR) is 112 cm³/mol. The second kappa shape index (κ2) is 11.4. The standard InChI is InChI=1S/C18H23N3O3.HI/c1-19-18(20-11-12-24-15-7-5-4-6-8-15)21-14-9-10-16(22-2)17(13-14)23-3;/h4-10,13H,11-12H2,1-3H3,(H2,19,20,21);1H. The molecule has 0 saturated heterocycles. The maximum Gasteiger partial charge on any atom is 0.195 e. The lowest BCUT2D eigenvalue weighted by Gasteiger charge is -2.14. The molecule has 0 unspecified atom stereocenters. The summed E-state index contributed by atoms with van der Waals surface area (Å²) in [6.07, 6.45) is 0. The third-order valence-corrected chi connectivity index (χ3v) is 3.28. The van der Waals surface area contributed by atoms with Crippen molar-refractivity contribution >= 4 is 35.6 Å². The van der Waals surface area contributed by atoms with E-state index in [4.69, 9.17) is 14.2 Å². The van der Waals surface area contributed by atoms with E-state index >= 15 is 0 Å². The Morgan fingerprint density at radius 1 is 1.00 bits per heavy atom. The van der Waals surface area contributed by atoms with Gasteiger partial charge in [0.05, 0.1) is 20.8 Å². The molecule has 7 heteroatoms. The van der Waals surface area contributed by atoms with Crippen molar-refractivity contribution in [2.24, 2.45) is 4.99 Å². The van der Waals surface area contributed by atoms with Crippen molar-refractivity contribution in [2.45, 2.75) is 0 Å². The first kappa shape index (κ1) is 20.9. The van der Waals surface area contributed by atoms with Crippen LogP contribution in [0.25, 0.3) is 0 Å². The maximum absolute atomic E-state index is 5.64. The van der Waals surface area contributed by atoms with E-state index in [1.165, 1.54) is 0 Å². The van der Waals surface area contributed by atoms with Crippen LogP contribution >= 0.6 is 24.0 Å². The first-order valence-corrected chi connectivity index (χ1v) is 7.64. The van der Waals surface area contributed by atoms with Gasteiger partial charge in [-0.3, -0.25) is 4.99 Å². The number of para-hydroxylation sites is 1. The van der Waals surface area contributed by atoms with Gasteiger partial charge in [-0.25, -0.2) is 0 Å². The van der Waals surface area contributed by atoms with Gasteiger partial charge in [0.15, 0.2) is 17.5 Å². The number of hydrogen-bond acceptors (Lipinski definition) is 4. The zero-order chi connectivity index (χ0) is 17.2. The van der Waals surface area contributed by atoms with E-state index in [0.717, 1.165) is 11.4 Å². The van der Waals surface area contributed by atoms with Crippen molar-refractivity contribution in [3.63, 3.8) is 0 Å². The minimum Gasteiger partial charge on any atom is -0.493 e. The third kappa shape index (κ3) is 6.69. The molecule has 2 rings (SSSR count). The average Bonchev–Trinajstić information content (AvgIpc) is 2.64. The van der Waals surface area contributed by atoms with Crippen molar-refractivity contribution in [1.29, 1.82) is 0 Å². The molecule has 2 N–H and O–H groups in total. The number of halogens is 1. The number of hydrogen-bond donors (Lipinski definition) is 2. The molecule has 0 bridgehead atoms. The number of rotatable bonds is 7. The molecular formula is C18H24IN3O3. The SMILES string of the molecule is CN=C(NCCOc1ccccc1)Nc1ccc(OC)c(OC)c1.I. The molecule has 0 atom stereocenters. The van der Waals surface area contributed by atoms with E-state index in [0.29, 0.717) is 30.6 Å². The summed E-state index contributed by atoms with van der Waals surface area (Å²) in [4.78, 5) is 4.19. The first-order chi connectivity index (χ1) is 11.8. The van der Waals surface area contributed by atoms with Crippen molar-refractivity contribution in [2.75, 3.05) is 39.7 Å². The fourth-order valence-electron chi connectivity index (χ4n) is 2.08. The molecule has 0 aromatic heterocycles. The number of anilines is 1. The molecule has 0 spiro atoms. The predicted octanol–water partition coefficient (Wildman–Crippen LogP) is 3.39. The zero-order valence-electron chi connectivity index (χ0n) is 14.6. The number of ether oxygens (including phenoxy) is 3. The summed E-state index contributed by atoms with van der Waals surface area (Å²) < 4.78 is 16.2. The Morgan fingerprint density at radius 2 is 1.72 bits per heavy atom. The molecule has 0 saturated carbocycles. The van der Waals surface area contributed by atoms with Crippen molar-refractivity contribution in [1.82, 2.24) is 5.32 Å². The van der Waals surface area contributed by atoms with Gasteiger partial charge in [0.25, 0.3) is 0 Å². The zero-order valence-corrected chi connectivity index (χ0v) is 16.9. The maximum atomic E-state index is 5.64. The van der Waals surface area contributed by atoms with Gasteiger partial charge in [-0.05, 0) is 24.3 Å². The lowest BCUT2D eigenvalue weighted by atomic mass is 10.3. The second-order valence-electron chi connectivity index (χ2n) is 4.86. The van der Waals surface area contributed by atoms with Crippen molar-refractivity contribution in [3.8, 4) is 17.2 Å². The fourth-order valence-corrected chi connectivity index (χ4v) is 2.08. The lowest BCUT2D eigenvalue weighted by molar-refractivity contribution is 0.322. The molecule has 2 aromatic rings. The summed E-state index contributed by atoms with van der Waals surface area (Å²) >= 11 is 0. The normalized spacial score (nSPS) is 10.4. The van der Waals surface area contributed by atoms with Crippen LogP contribution in [0.15, 0.2) is 53.5 Å². The Bertz CT molecular complexity index is 666. The van der Waals surface area contributed by atoms with Crippen LogP contribution in [0.1, 0.15) is 0 Å². The Labute approximate surface area is 165 Å². The van der Waals surface area contributed by atoms with Gasteiger partial charge in [0.2, 0.25) is 0 Å². The minimum absolute atomic E-state index is 0. The Morgan fingerprint density at radius 3 is 2.36 bits per heavy atom. The fraction of sp³-hybridized carbons (Fsp3) is 0.278. The summed E-state index contributed by atoms with van der Waals surface area (Å²) in [5, 5.41) is 6.40. The van der Waals surface area contributed by atoms with Crippen molar-refractivity contribution < 1.29 is 14.2 Å². The number of nitrogens with zero attached hydrogens (tertiary/aromatic N) is 1. The van der Waals surface area contributed by atoms with E-state index in [2.05, 4.69) is 15.6 Å². The molecule has 0 radical (unpaired) electrons. The van der Waals surface area contributed by atoms with Gasteiger partial charge in [-0.2, -0.15) is 0 Å².